The molecule has 0 saturated heterocycles. The van der Waals surface area contributed by atoms with Crippen molar-refractivity contribution in [1.29, 1.82) is 0 Å². The highest BCUT2D eigenvalue weighted by atomic mass is 35.5. The number of nitrogens with one attached hydrogen (secondary N) is 1. The Bertz CT molecular complexity index is 793. The number of nitrogens with zero attached hydrogens (tertiary/aromatic N) is 1. The number of hydrogen-bond donors (Lipinski definition) is 1. The lowest BCUT2D eigenvalue weighted by Crippen LogP contribution is -2.37. The molecule has 0 radical (unpaired) electrons. The fraction of sp³-hybridized carbons (Fsp3) is 0.222. The molecule has 2 aromatic carbocycles. The second-order valence-corrected chi connectivity index (χ2v) is 6.46. The first-order valence-electron chi connectivity index (χ1n) is 7.59. The van der Waals surface area contributed by atoms with Gasteiger partial charge in [0.2, 0.25) is 5.91 Å². The van der Waals surface area contributed by atoms with Crippen LogP contribution >= 0.6 is 23.2 Å². The van der Waals surface area contributed by atoms with E-state index in [1.807, 2.05) is 30.3 Å². The second kappa shape index (κ2) is 6.83. The van der Waals surface area contributed by atoms with Crippen LogP contribution in [0.5, 0.6) is 0 Å². The largest absolute Gasteiger partial charge is 0.341 e. The van der Waals surface area contributed by atoms with Crippen molar-refractivity contribution in [2.75, 3.05) is 11.4 Å². The normalized spacial score (nSPS) is 16.2. The molecule has 0 aliphatic carbocycles. The number of fused-ring (bicyclic) bond motifs is 1. The minimum absolute atomic E-state index is 0.217. The Hall–Kier alpha value is -2.04. The maximum Gasteiger partial charge on any atom is 0.254 e. The Labute approximate surface area is 150 Å². The first-order chi connectivity index (χ1) is 11.5. The predicted octanol–water partition coefficient (Wildman–Crippen LogP) is 3.76. The van der Waals surface area contributed by atoms with Gasteiger partial charge in [-0.1, -0.05) is 53.5 Å². The summed E-state index contributed by atoms with van der Waals surface area (Å²) < 4.78 is 0. The summed E-state index contributed by atoms with van der Waals surface area (Å²) in [6, 6.07) is 12.4. The van der Waals surface area contributed by atoms with E-state index in [2.05, 4.69) is 5.32 Å². The van der Waals surface area contributed by atoms with E-state index in [4.69, 9.17) is 23.2 Å². The molecule has 1 atom stereocenters. The Morgan fingerprint density at radius 3 is 2.46 bits per heavy atom. The zero-order valence-electron chi connectivity index (χ0n) is 13.1. The molecule has 0 saturated carbocycles. The van der Waals surface area contributed by atoms with Crippen LogP contribution in [0.3, 0.4) is 0 Å². The summed E-state index contributed by atoms with van der Waals surface area (Å²) in [5.41, 5.74) is 2.27. The highest BCUT2D eigenvalue weighted by Gasteiger charge is 2.40. The summed E-state index contributed by atoms with van der Waals surface area (Å²) in [6.07, 6.45) is 0.682. The number of benzene rings is 2. The minimum atomic E-state index is -0.792. The average Bonchev–Trinajstić information content (AvgIpc) is 2.83. The van der Waals surface area contributed by atoms with Gasteiger partial charge in [-0.05, 0) is 24.1 Å². The molecule has 0 aromatic heterocycles. The lowest BCUT2D eigenvalue weighted by atomic mass is 10.1. The van der Waals surface area contributed by atoms with Gasteiger partial charge in [-0.3, -0.25) is 9.59 Å². The van der Waals surface area contributed by atoms with Crippen molar-refractivity contribution in [2.24, 2.45) is 0 Å². The molecule has 24 heavy (non-hydrogen) atoms. The van der Waals surface area contributed by atoms with Crippen LogP contribution in [0.4, 0.5) is 5.69 Å². The number of carbonyl (C=O) groups excluding carboxylic acids is 2. The molecular weight excluding hydrogens is 347 g/mol. The summed E-state index contributed by atoms with van der Waals surface area (Å²) >= 11 is 12.6. The van der Waals surface area contributed by atoms with Gasteiger partial charge in [0.25, 0.3) is 5.91 Å². The minimum Gasteiger partial charge on any atom is -0.341 e. The van der Waals surface area contributed by atoms with Gasteiger partial charge in [0, 0.05) is 24.1 Å². The third-order valence-electron chi connectivity index (χ3n) is 4.00. The van der Waals surface area contributed by atoms with Crippen LogP contribution in [-0.2, 0) is 16.0 Å². The Morgan fingerprint density at radius 1 is 1.12 bits per heavy atom. The van der Waals surface area contributed by atoms with Gasteiger partial charge < -0.3 is 10.2 Å². The Balaban J connectivity index is 1.94. The molecule has 1 aliphatic rings. The van der Waals surface area contributed by atoms with E-state index in [-0.39, 0.29) is 11.8 Å². The SMILES string of the molecule is CC(=O)N[C@@H]1C(=O)N(CCc2ccccc2)c2c(Cl)ccc(Cl)c21. The van der Waals surface area contributed by atoms with E-state index >= 15 is 0 Å². The predicted molar refractivity (Wildman–Crippen MR) is 95.5 cm³/mol. The van der Waals surface area contributed by atoms with Crippen molar-refractivity contribution in [3.05, 3.63) is 63.6 Å². The molecule has 124 valence electrons. The van der Waals surface area contributed by atoms with E-state index in [1.54, 1.807) is 17.0 Å². The Kier molecular flexibility index (Phi) is 4.78. The van der Waals surface area contributed by atoms with E-state index in [9.17, 15) is 9.59 Å². The van der Waals surface area contributed by atoms with Crippen molar-refractivity contribution in [3.63, 3.8) is 0 Å². The summed E-state index contributed by atoms with van der Waals surface area (Å²) in [5, 5.41) is 3.54. The maximum atomic E-state index is 12.8. The van der Waals surface area contributed by atoms with Crippen LogP contribution in [0.25, 0.3) is 0 Å². The van der Waals surface area contributed by atoms with Crippen molar-refractivity contribution in [1.82, 2.24) is 5.32 Å². The first-order valence-corrected chi connectivity index (χ1v) is 8.35. The number of halogens is 2. The third-order valence-corrected chi connectivity index (χ3v) is 4.64. The quantitative estimate of drug-likeness (QED) is 0.899. The molecule has 0 unspecified atom stereocenters. The van der Waals surface area contributed by atoms with Gasteiger partial charge in [0.1, 0.15) is 6.04 Å². The van der Waals surface area contributed by atoms with Crippen LogP contribution < -0.4 is 10.2 Å². The number of anilines is 1. The van der Waals surface area contributed by atoms with Gasteiger partial charge in [0.15, 0.2) is 0 Å². The monoisotopic (exact) mass is 362 g/mol. The van der Waals surface area contributed by atoms with E-state index in [0.717, 1.165) is 5.56 Å². The smallest absolute Gasteiger partial charge is 0.254 e. The molecule has 0 fully saturated rings. The summed E-state index contributed by atoms with van der Waals surface area (Å²) in [4.78, 5) is 25.9. The number of amides is 2. The number of hydrogen-bond acceptors (Lipinski definition) is 2. The van der Waals surface area contributed by atoms with E-state index < -0.39 is 6.04 Å². The Morgan fingerprint density at radius 2 is 1.79 bits per heavy atom. The molecular formula is C18H16Cl2N2O2. The van der Waals surface area contributed by atoms with Crippen molar-refractivity contribution in [2.45, 2.75) is 19.4 Å². The van der Waals surface area contributed by atoms with Crippen LogP contribution in [0, 0.1) is 0 Å². The van der Waals surface area contributed by atoms with Crippen molar-refractivity contribution in [3.8, 4) is 0 Å². The zero-order chi connectivity index (χ0) is 17.3. The van der Waals surface area contributed by atoms with Gasteiger partial charge in [-0.25, -0.2) is 0 Å². The molecule has 0 bridgehead atoms. The molecule has 6 heteroatoms. The molecule has 0 spiro atoms. The molecule has 3 rings (SSSR count). The highest BCUT2D eigenvalue weighted by molar-refractivity contribution is 6.38. The maximum absolute atomic E-state index is 12.8. The summed E-state index contributed by atoms with van der Waals surface area (Å²) in [7, 11) is 0. The molecule has 1 heterocycles. The average molecular weight is 363 g/mol. The first kappa shape index (κ1) is 16.8. The fourth-order valence-corrected chi connectivity index (χ4v) is 3.47. The summed E-state index contributed by atoms with van der Waals surface area (Å²) in [5.74, 6) is -0.508. The van der Waals surface area contributed by atoms with Gasteiger partial charge >= 0.3 is 0 Å². The standard InChI is InChI=1S/C18H16Cl2N2O2/c1-11(23)21-16-15-13(19)7-8-14(20)17(15)22(18(16)24)10-9-12-5-3-2-4-6-12/h2-8,16H,9-10H2,1H3,(H,21,23)/t16-/m0/s1. The molecule has 1 aliphatic heterocycles. The topological polar surface area (TPSA) is 49.4 Å². The molecule has 2 aromatic rings. The van der Waals surface area contributed by atoms with Crippen LogP contribution in [0.15, 0.2) is 42.5 Å². The van der Waals surface area contributed by atoms with Gasteiger partial charge in [-0.15, -0.1) is 0 Å². The van der Waals surface area contributed by atoms with Gasteiger partial charge in [-0.2, -0.15) is 0 Å². The second-order valence-electron chi connectivity index (χ2n) is 5.65. The lowest BCUT2D eigenvalue weighted by molar-refractivity contribution is -0.126. The van der Waals surface area contributed by atoms with Crippen molar-refractivity contribution >= 4 is 40.7 Å². The van der Waals surface area contributed by atoms with Crippen LogP contribution in [-0.4, -0.2) is 18.4 Å². The van der Waals surface area contributed by atoms with E-state index in [1.165, 1.54) is 6.92 Å². The molecule has 4 nitrogen and oxygen atoms in total. The number of carbonyl (C=O) groups is 2. The highest BCUT2D eigenvalue weighted by Crippen LogP contribution is 2.44. The molecule has 2 amide bonds. The third kappa shape index (κ3) is 3.12. The summed E-state index contributed by atoms with van der Waals surface area (Å²) in [6.45, 7) is 1.84. The van der Waals surface area contributed by atoms with E-state index in [0.29, 0.717) is 34.3 Å². The fourth-order valence-electron chi connectivity index (χ4n) is 2.94. The lowest BCUT2D eigenvalue weighted by Gasteiger charge is -2.19. The zero-order valence-corrected chi connectivity index (χ0v) is 14.6. The number of rotatable bonds is 4. The van der Waals surface area contributed by atoms with Crippen LogP contribution in [0.2, 0.25) is 10.0 Å². The van der Waals surface area contributed by atoms with Crippen LogP contribution in [0.1, 0.15) is 24.1 Å². The molecule has 1 N–H and O–H groups in total. The van der Waals surface area contributed by atoms with Crippen molar-refractivity contribution < 1.29 is 9.59 Å². The van der Waals surface area contributed by atoms with Gasteiger partial charge in [0.05, 0.1) is 10.7 Å².